The Balaban J connectivity index is 1.89. The minimum absolute atomic E-state index is 0.142. The van der Waals surface area contributed by atoms with Crippen LogP contribution < -0.4 is 5.32 Å². The summed E-state index contributed by atoms with van der Waals surface area (Å²) in [6, 6.07) is 10.4. The molecule has 0 bridgehead atoms. The summed E-state index contributed by atoms with van der Waals surface area (Å²) in [5, 5.41) is 12.1. The maximum absolute atomic E-state index is 11.2. The zero-order chi connectivity index (χ0) is 12.8. The van der Waals surface area contributed by atoms with E-state index >= 15 is 0 Å². The highest BCUT2D eigenvalue weighted by Gasteiger charge is 2.22. The van der Waals surface area contributed by atoms with Crippen LogP contribution in [0.5, 0.6) is 0 Å². The second-order valence-electron chi connectivity index (χ2n) is 4.75. The SMILES string of the molecule is O=C1CC[C@H](CN(CCO)Cc2ccccc2)N1. The quantitative estimate of drug-likeness (QED) is 0.781. The van der Waals surface area contributed by atoms with Crippen molar-refractivity contribution in [2.75, 3.05) is 19.7 Å². The van der Waals surface area contributed by atoms with Gasteiger partial charge in [0.2, 0.25) is 5.91 Å². The second-order valence-corrected chi connectivity index (χ2v) is 4.75. The number of hydrogen-bond acceptors (Lipinski definition) is 3. The van der Waals surface area contributed by atoms with Gasteiger partial charge in [0.1, 0.15) is 0 Å². The molecule has 1 aliphatic heterocycles. The third-order valence-corrected chi connectivity index (χ3v) is 3.23. The molecule has 18 heavy (non-hydrogen) atoms. The molecule has 1 fully saturated rings. The summed E-state index contributed by atoms with van der Waals surface area (Å²) in [5.74, 6) is 0.142. The van der Waals surface area contributed by atoms with Gasteiger partial charge in [0.15, 0.2) is 0 Å². The van der Waals surface area contributed by atoms with E-state index in [1.807, 2.05) is 18.2 Å². The molecule has 0 aromatic heterocycles. The van der Waals surface area contributed by atoms with Crippen molar-refractivity contribution >= 4 is 5.91 Å². The largest absolute Gasteiger partial charge is 0.395 e. The molecule has 0 unspecified atom stereocenters. The van der Waals surface area contributed by atoms with E-state index in [0.29, 0.717) is 13.0 Å². The number of nitrogens with one attached hydrogen (secondary N) is 1. The van der Waals surface area contributed by atoms with E-state index in [4.69, 9.17) is 5.11 Å². The van der Waals surface area contributed by atoms with Crippen LogP contribution in [0.15, 0.2) is 30.3 Å². The van der Waals surface area contributed by atoms with Gasteiger partial charge in [-0.1, -0.05) is 30.3 Å². The average Bonchev–Trinajstić information content (AvgIpc) is 2.76. The van der Waals surface area contributed by atoms with E-state index in [1.54, 1.807) is 0 Å². The minimum atomic E-state index is 0.142. The average molecular weight is 248 g/mol. The molecule has 1 aromatic rings. The standard InChI is InChI=1S/C14H20N2O2/c17-9-8-16(10-12-4-2-1-3-5-12)11-13-6-7-14(18)15-13/h1-5,13,17H,6-11H2,(H,15,18)/t13-/m1/s1. The lowest BCUT2D eigenvalue weighted by molar-refractivity contribution is -0.119. The van der Waals surface area contributed by atoms with E-state index in [2.05, 4.69) is 22.3 Å². The van der Waals surface area contributed by atoms with Crippen molar-refractivity contribution in [1.82, 2.24) is 10.2 Å². The fourth-order valence-corrected chi connectivity index (χ4v) is 2.34. The number of aliphatic hydroxyl groups excluding tert-OH is 1. The molecule has 4 heteroatoms. The summed E-state index contributed by atoms with van der Waals surface area (Å²) >= 11 is 0. The third-order valence-electron chi connectivity index (χ3n) is 3.23. The van der Waals surface area contributed by atoms with E-state index < -0.39 is 0 Å². The summed E-state index contributed by atoms with van der Waals surface area (Å²) in [7, 11) is 0. The molecule has 1 atom stereocenters. The molecule has 1 amide bonds. The number of nitrogens with zero attached hydrogens (tertiary/aromatic N) is 1. The molecule has 0 radical (unpaired) electrons. The molecule has 0 spiro atoms. The predicted octanol–water partition coefficient (Wildman–Crippen LogP) is 0.759. The van der Waals surface area contributed by atoms with Crippen molar-refractivity contribution in [2.45, 2.75) is 25.4 Å². The van der Waals surface area contributed by atoms with Crippen molar-refractivity contribution in [3.8, 4) is 0 Å². The van der Waals surface area contributed by atoms with Crippen LogP contribution in [0.3, 0.4) is 0 Å². The number of carbonyl (C=O) groups is 1. The highest BCUT2D eigenvalue weighted by molar-refractivity contribution is 5.78. The van der Waals surface area contributed by atoms with Crippen LogP contribution in [0.4, 0.5) is 0 Å². The Morgan fingerprint density at radius 3 is 2.72 bits per heavy atom. The first-order chi connectivity index (χ1) is 8.78. The van der Waals surface area contributed by atoms with E-state index in [1.165, 1.54) is 5.56 Å². The van der Waals surface area contributed by atoms with Crippen LogP contribution in [0.1, 0.15) is 18.4 Å². The smallest absolute Gasteiger partial charge is 0.220 e. The molecule has 1 saturated heterocycles. The molecule has 4 nitrogen and oxygen atoms in total. The highest BCUT2D eigenvalue weighted by Crippen LogP contribution is 2.11. The Hall–Kier alpha value is -1.39. The van der Waals surface area contributed by atoms with Crippen molar-refractivity contribution in [2.24, 2.45) is 0 Å². The van der Waals surface area contributed by atoms with E-state index in [9.17, 15) is 4.79 Å². The van der Waals surface area contributed by atoms with E-state index in [0.717, 1.165) is 19.5 Å². The van der Waals surface area contributed by atoms with Gasteiger partial charge >= 0.3 is 0 Å². The van der Waals surface area contributed by atoms with Gasteiger partial charge in [-0.25, -0.2) is 0 Å². The fraction of sp³-hybridized carbons (Fsp3) is 0.500. The normalized spacial score (nSPS) is 19.2. The topological polar surface area (TPSA) is 52.6 Å². The van der Waals surface area contributed by atoms with Gasteiger partial charge < -0.3 is 10.4 Å². The predicted molar refractivity (Wildman–Crippen MR) is 70.0 cm³/mol. The Morgan fingerprint density at radius 2 is 2.11 bits per heavy atom. The lowest BCUT2D eigenvalue weighted by Gasteiger charge is -2.24. The first kappa shape index (κ1) is 13.1. The lowest BCUT2D eigenvalue weighted by atomic mass is 10.1. The second kappa shape index (κ2) is 6.52. The number of amides is 1. The molecule has 2 N–H and O–H groups in total. The first-order valence-electron chi connectivity index (χ1n) is 6.44. The summed E-state index contributed by atoms with van der Waals surface area (Å²) in [5.41, 5.74) is 1.23. The van der Waals surface area contributed by atoms with Crippen molar-refractivity contribution in [1.29, 1.82) is 0 Å². The van der Waals surface area contributed by atoms with Gasteiger partial charge in [-0.05, 0) is 12.0 Å². The summed E-state index contributed by atoms with van der Waals surface area (Å²) < 4.78 is 0. The van der Waals surface area contributed by atoms with Crippen LogP contribution in [0.2, 0.25) is 0 Å². The van der Waals surface area contributed by atoms with Gasteiger partial charge in [0.25, 0.3) is 0 Å². The molecule has 0 saturated carbocycles. The molecule has 1 heterocycles. The van der Waals surface area contributed by atoms with Crippen LogP contribution in [0, 0.1) is 0 Å². The minimum Gasteiger partial charge on any atom is -0.395 e. The molecule has 1 aromatic carbocycles. The summed E-state index contributed by atoms with van der Waals surface area (Å²) in [4.78, 5) is 13.4. The number of benzene rings is 1. The van der Waals surface area contributed by atoms with Crippen LogP contribution in [-0.4, -0.2) is 41.7 Å². The molecule has 0 aliphatic carbocycles. The number of aliphatic hydroxyl groups is 1. The molecule has 98 valence electrons. The van der Waals surface area contributed by atoms with Crippen LogP contribution in [0.25, 0.3) is 0 Å². The van der Waals surface area contributed by atoms with Crippen molar-refractivity contribution in [3.05, 3.63) is 35.9 Å². The van der Waals surface area contributed by atoms with Crippen LogP contribution in [-0.2, 0) is 11.3 Å². The fourth-order valence-electron chi connectivity index (χ4n) is 2.34. The Bertz CT molecular complexity index is 381. The first-order valence-corrected chi connectivity index (χ1v) is 6.44. The van der Waals surface area contributed by atoms with E-state index in [-0.39, 0.29) is 18.6 Å². The Labute approximate surface area is 108 Å². The van der Waals surface area contributed by atoms with Gasteiger partial charge in [-0.2, -0.15) is 0 Å². The summed E-state index contributed by atoms with van der Waals surface area (Å²) in [6.07, 6.45) is 1.53. The van der Waals surface area contributed by atoms with Gasteiger partial charge in [-0.3, -0.25) is 9.69 Å². The molecule has 1 aliphatic rings. The Morgan fingerprint density at radius 1 is 1.33 bits per heavy atom. The van der Waals surface area contributed by atoms with Gasteiger partial charge in [0.05, 0.1) is 6.61 Å². The number of rotatable bonds is 6. The monoisotopic (exact) mass is 248 g/mol. The summed E-state index contributed by atoms with van der Waals surface area (Å²) in [6.45, 7) is 2.41. The van der Waals surface area contributed by atoms with Gasteiger partial charge in [0, 0.05) is 32.1 Å². The number of carbonyl (C=O) groups excluding carboxylic acids is 1. The zero-order valence-corrected chi connectivity index (χ0v) is 10.5. The Kier molecular flexibility index (Phi) is 4.73. The van der Waals surface area contributed by atoms with Gasteiger partial charge in [-0.15, -0.1) is 0 Å². The van der Waals surface area contributed by atoms with Crippen molar-refractivity contribution in [3.63, 3.8) is 0 Å². The molecular formula is C14H20N2O2. The zero-order valence-electron chi connectivity index (χ0n) is 10.5. The molecule has 2 rings (SSSR count). The highest BCUT2D eigenvalue weighted by atomic mass is 16.3. The van der Waals surface area contributed by atoms with Crippen LogP contribution >= 0.6 is 0 Å². The van der Waals surface area contributed by atoms with Crippen molar-refractivity contribution < 1.29 is 9.90 Å². The third kappa shape index (κ3) is 3.82. The maximum Gasteiger partial charge on any atom is 0.220 e. The maximum atomic E-state index is 11.2. The number of hydrogen-bond donors (Lipinski definition) is 2. The lowest BCUT2D eigenvalue weighted by Crippen LogP contribution is -2.39. The molecular weight excluding hydrogens is 228 g/mol.